The minimum atomic E-state index is -0.0822. The third-order valence-electron chi connectivity index (χ3n) is 3.72. The van der Waals surface area contributed by atoms with E-state index in [1.165, 1.54) is 5.56 Å². The van der Waals surface area contributed by atoms with Crippen LogP contribution in [0.5, 0.6) is 5.75 Å². The average Bonchev–Trinajstić information content (AvgIpc) is 2.55. The average molecular weight is 283 g/mol. The summed E-state index contributed by atoms with van der Waals surface area (Å²) >= 11 is 0. The van der Waals surface area contributed by atoms with Crippen LogP contribution in [0, 0.1) is 0 Å². The largest absolute Gasteiger partial charge is 0.494 e. The van der Waals surface area contributed by atoms with E-state index in [2.05, 4.69) is 50.2 Å². The van der Waals surface area contributed by atoms with Crippen molar-refractivity contribution in [2.45, 2.75) is 39.2 Å². The van der Waals surface area contributed by atoms with Gasteiger partial charge in [-0.15, -0.1) is 0 Å². The predicted octanol–water partition coefficient (Wildman–Crippen LogP) is 4.48. The van der Waals surface area contributed by atoms with Gasteiger partial charge in [0, 0.05) is 0 Å². The van der Waals surface area contributed by atoms with Crippen LogP contribution in [-0.2, 0) is 6.42 Å². The van der Waals surface area contributed by atoms with Crippen LogP contribution in [0.2, 0.25) is 0 Å². The van der Waals surface area contributed by atoms with Gasteiger partial charge in [-0.3, -0.25) is 0 Å². The Balaban J connectivity index is 2.06. The molecule has 1 atom stereocenters. The van der Waals surface area contributed by atoms with Gasteiger partial charge in [-0.1, -0.05) is 56.7 Å². The molecule has 2 N–H and O–H groups in total. The molecule has 0 saturated heterocycles. The van der Waals surface area contributed by atoms with E-state index in [4.69, 9.17) is 10.5 Å². The van der Waals surface area contributed by atoms with Gasteiger partial charge in [-0.2, -0.15) is 0 Å². The molecule has 0 amide bonds. The number of unbranched alkanes of at least 4 members (excludes halogenated alkanes) is 1. The molecule has 0 aromatic heterocycles. The highest BCUT2D eigenvalue weighted by atomic mass is 16.5. The third-order valence-corrected chi connectivity index (χ3v) is 3.72. The van der Waals surface area contributed by atoms with Crippen molar-refractivity contribution >= 4 is 0 Å². The molecule has 2 aromatic carbocycles. The van der Waals surface area contributed by atoms with Crippen molar-refractivity contribution in [3.63, 3.8) is 0 Å². The van der Waals surface area contributed by atoms with Crippen LogP contribution in [0.1, 0.15) is 49.4 Å². The van der Waals surface area contributed by atoms with E-state index >= 15 is 0 Å². The van der Waals surface area contributed by atoms with Crippen LogP contribution in [0.15, 0.2) is 48.5 Å². The number of hydrogen-bond acceptors (Lipinski definition) is 2. The fourth-order valence-electron chi connectivity index (χ4n) is 2.30. The first-order valence-electron chi connectivity index (χ1n) is 7.81. The molecule has 0 bridgehead atoms. The van der Waals surface area contributed by atoms with Crippen LogP contribution in [0.3, 0.4) is 0 Å². The maximum absolute atomic E-state index is 6.37. The molecule has 2 rings (SSSR count). The number of nitrogens with two attached hydrogens (primary N) is 1. The van der Waals surface area contributed by atoms with Crippen LogP contribution < -0.4 is 10.5 Å². The van der Waals surface area contributed by atoms with Gasteiger partial charge in [-0.25, -0.2) is 0 Å². The smallest absolute Gasteiger partial charge is 0.119 e. The Morgan fingerprint density at radius 2 is 1.76 bits per heavy atom. The van der Waals surface area contributed by atoms with Gasteiger partial charge in [0.25, 0.3) is 0 Å². The van der Waals surface area contributed by atoms with E-state index in [1.807, 2.05) is 12.1 Å². The Bertz CT molecular complexity index is 548. The summed E-state index contributed by atoms with van der Waals surface area (Å²) < 4.78 is 5.68. The first kappa shape index (κ1) is 15.6. The van der Waals surface area contributed by atoms with E-state index < -0.39 is 0 Å². The topological polar surface area (TPSA) is 35.2 Å². The molecule has 2 nitrogen and oxygen atoms in total. The highest BCUT2D eigenvalue weighted by molar-refractivity contribution is 5.36. The Kier molecular flexibility index (Phi) is 5.82. The van der Waals surface area contributed by atoms with Crippen LogP contribution in [0.25, 0.3) is 0 Å². The van der Waals surface area contributed by atoms with Crippen molar-refractivity contribution in [3.8, 4) is 5.75 Å². The van der Waals surface area contributed by atoms with E-state index in [9.17, 15) is 0 Å². The zero-order chi connectivity index (χ0) is 15.1. The molecule has 0 saturated carbocycles. The van der Waals surface area contributed by atoms with Crippen molar-refractivity contribution in [1.82, 2.24) is 0 Å². The Labute approximate surface area is 127 Å². The molecule has 0 radical (unpaired) electrons. The number of hydrogen-bond donors (Lipinski definition) is 1. The highest BCUT2D eigenvalue weighted by Gasteiger charge is 2.09. The van der Waals surface area contributed by atoms with Crippen molar-refractivity contribution in [2.75, 3.05) is 6.61 Å². The molecule has 112 valence electrons. The first-order valence-corrected chi connectivity index (χ1v) is 7.81. The second-order valence-corrected chi connectivity index (χ2v) is 5.35. The van der Waals surface area contributed by atoms with Gasteiger partial charge in [0.1, 0.15) is 5.75 Å². The van der Waals surface area contributed by atoms with Crippen LogP contribution in [0.4, 0.5) is 0 Å². The Morgan fingerprint density at radius 1 is 1.00 bits per heavy atom. The molecule has 2 aromatic rings. The van der Waals surface area contributed by atoms with E-state index in [-0.39, 0.29) is 6.04 Å². The molecule has 0 aliphatic rings. The lowest BCUT2D eigenvalue weighted by Gasteiger charge is -2.14. The fraction of sp³-hybridized carbons (Fsp3) is 0.368. The first-order chi connectivity index (χ1) is 10.2. The number of benzene rings is 2. The van der Waals surface area contributed by atoms with Crippen molar-refractivity contribution in [2.24, 2.45) is 5.73 Å². The summed E-state index contributed by atoms with van der Waals surface area (Å²) in [7, 11) is 0. The Hall–Kier alpha value is -1.80. The lowest BCUT2D eigenvalue weighted by atomic mass is 9.97. The molecule has 21 heavy (non-hydrogen) atoms. The van der Waals surface area contributed by atoms with Crippen molar-refractivity contribution < 1.29 is 4.74 Å². The molecular weight excluding hydrogens is 258 g/mol. The van der Waals surface area contributed by atoms with E-state index in [0.29, 0.717) is 0 Å². The van der Waals surface area contributed by atoms with Gasteiger partial charge in [-0.05, 0) is 41.7 Å². The number of aryl methyl sites for hydroxylation is 1. The minimum absolute atomic E-state index is 0.0822. The molecule has 0 aliphatic heterocycles. The van der Waals surface area contributed by atoms with Crippen LogP contribution in [-0.4, -0.2) is 6.61 Å². The molecular formula is C19H25NO. The third kappa shape index (κ3) is 4.33. The SMILES string of the molecule is CCCCOc1ccc(C(N)c2cccc(CC)c2)cc1. The lowest BCUT2D eigenvalue weighted by Crippen LogP contribution is -2.12. The second-order valence-electron chi connectivity index (χ2n) is 5.35. The van der Waals surface area contributed by atoms with Crippen LogP contribution >= 0.6 is 0 Å². The van der Waals surface area contributed by atoms with E-state index in [1.54, 1.807) is 0 Å². The van der Waals surface area contributed by atoms with E-state index in [0.717, 1.165) is 42.7 Å². The summed E-state index contributed by atoms with van der Waals surface area (Å²) in [5.41, 5.74) is 9.97. The quantitative estimate of drug-likeness (QED) is 0.761. The summed E-state index contributed by atoms with van der Waals surface area (Å²) in [5, 5.41) is 0. The number of rotatable bonds is 7. The molecule has 0 heterocycles. The maximum Gasteiger partial charge on any atom is 0.119 e. The highest BCUT2D eigenvalue weighted by Crippen LogP contribution is 2.23. The van der Waals surface area contributed by atoms with Gasteiger partial charge < -0.3 is 10.5 Å². The van der Waals surface area contributed by atoms with Crippen molar-refractivity contribution in [1.29, 1.82) is 0 Å². The zero-order valence-electron chi connectivity index (χ0n) is 13.0. The molecule has 1 unspecified atom stereocenters. The summed E-state index contributed by atoms with van der Waals surface area (Å²) in [6, 6.07) is 16.6. The normalized spacial score (nSPS) is 12.1. The molecule has 0 aliphatic carbocycles. The summed E-state index contributed by atoms with van der Waals surface area (Å²) in [6.45, 7) is 5.10. The Morgan fingerprint density at radius 3 is 2.43 bits per heavy atom. The summed E-state index contributed by atoms with van der Waals surface area (Å²) in [6.07, 6.45) is 3.27. The number of ether oxygens (including phenoxy) is 1. The lowest BCUT2D eigenvalue weighted by molar-refractivity contribution is 0.309. The maximum atomic E-state index is 6.37. The second kappa shape index (κ2) is 7.84. The fourth-order valence-corrected chi connectivity index (χ4v) is 2.30. The van der Waals surface area contributed by atoms with Crippen molar-refractivity contribution in [3.05, 3.63) is 65.2 Å². The monoisotopic (exact) mass is 283 g/mol. The molecule has 0 spiro atoms. The zero-order valence-corrected chi connectivity index (χ0v) is 13.0. The molecule has 0 fully saturated rings. The van der Waals surface area contributed by atoms with Gasteiger partial charge in [0.2, 0.25) is 0 Å². The molecule has 2 heteroatoms. The standard InChI is InChI=1S/C19H25NO/c1-3-5-13-21-18-11-9-16(10-12-18)19(20)17-8-6-7-15(4-2)14-17/h6-12,14,19H,3-5,13,20H2,1-2H3. The minimum Gasteiger partial charge on any atom is -0.494 e. The summed E-state index contributed by atoms with van der Waals surface area (Å²) in [4.78, 5) is 0. The van der Waals surface area contributed by atoms with Gasteiger partial charge in [0.15, 0.2) is 0 Å². The van der Waals surface area contributed by atoms with Gasteiger partial charge >= 0.3 is 0 Å². The van der Waals surface area contributed by atoms with Gasteiger partial charge in [0.05, 0.1) is 12.6 Å². The predicted molar refractivity (Wildman–Crippen MR) is 88.7 cm³/mol. The summed E-state index contributed by atoms with van der Waals surface area (Å²) in [5.74, 6) is 0.918.